The van der Waals surface area contributed by atoms with Gasteiger partial charge in [-0.2, -0.15) is 0 Å². The molecule has 2 amide bonds. The minimum atomic E-state index is -0.176. The van der Waals surface area contributed by atoms with Crippen molar-refractivity contribution in [2.24, 2.45) is 0 Å². The first kappa shape index (κ1) is 13.1. The molecule has 2 aromatic rings. The number of pyridine rings is 1. The molecule has 19 heavy (non-hydrogen) atoms. The summed E-state index contributed by atoms with van der Waals surface area (Å²) in [6.07, 6.45) is 3.45. The van der Waals surface area contributed by atoms with Crippen LogP contribution < -0.4 is 10.6 Å². The Labute approximate surface area is 112 Å². The largest absolute Gasteiger partial charge is 0.334 e. The van der Waals surface area contributed by atoms with E-state index < -0.39 is 0 Å². The average Bonchev–Trinajstić information content (AvgIpc) is 2.44. The number of nitrogens with zero attached hydrogens (tertiary/aromatic N) is 1. The number of hydrogen-bond donors (Lipinski definition) is 2. The zero-order chi connectivity index (χ0) is 13.5. The molecule has 0 aliphatic rings. The average molecular weight is 255 g/mol. The van der Waals surface area contributed by atoms with Gasteiger partial charge in [-0.1, -0.05) is 35.9 Å². The summed E-state index contributed by atoms with van der Waals surface area (Å²) in [7, 11) is 0. The molecule has 0 unspecified atom stereocenters. The number of rotatable bonds is 4. The fourth-order valence-corrected chi connectivity index (χ4v) is 1.75. The second-order valence-electron chi connectivity index (χ2n) is 4.39. The van der Waals surface area contributed by atoms with Gasteiger partial charge in [0, 0.05) is 25.5 Å². The molecule has 0 aliphatic carbocycles. The van der Waals surface area contributed by atoms with Gasteiger partial charge in [-0.05, 0) is 24.1 Å². The van der Waals surface area contributed by atoms with E-state index in [1.807, 2.05) is 37.3 Å². The predicted molar refractivity (Wildman–Crippen MR) is 74.5 cm³/mol. The van der Waals surface area contributed by atoms with E-state index in [1.54, 1.807) is 12.4 Å². The van der Waals surface area contributed by atoms with Crippen molar-refractivity contribution in [2.75, 3.05) is 0 Å². The van der Waals surface area contributed by atoms with Gasteiger partial charge in [-0.15, -0.1) is 0 Å². The number of benzene rings is 1. The van der Waals surface area contributed by atoms with Crippen LogP contribution in [-0.2, 0) is 13.1 Å². The van der Waals surface area contributed by atoms with Crippen LogP contribution in [0.25, 0.3) is 0 Å². The summed E-state index contributed by atoms with van der Waals surface area (Å²) < 4.78 is 0. The Balaban J connectivity index is 1.76. The van der Waals surface area contributed by atoms with Gasteiger partial charge >= 0.3 is 6.03 Å². The molecule has 1 heterocycles. The first-order chi connectivity index (χ1) is 9.24. The van der Waals surface area contributed by atoms with Crippen LogP contribution in [0, 0.1) is 6.92 Å². The maximum atomic E-state index is 11.6. The smallest absolute Gasteiger partial charge is 0.315 e. The Morgan fingerprint density at radius 1 is 1.11 bits per heavy atom. The standard InChI is InChI=1S/C15H17N3O/c1-12-4-2-5-13(8-12)10-17-15(19)18-11-14-6-3-7-16-9-14/h2-9H,10-11H2,1H3,(H2,17,18,19). The van der Waals surface area contributed by atoms with E-state index in [9.17, 15) is 4.79 Å². The van der Waals surface area contributed by atoms with Crippen LogP contribution in [0.2, 0.25) is 0 Å². The Morgan fingerprint density at radius 3 is 2.53 bits per heavy atom. The van der Waals surface area contributed by atoms with E-state index in [0.717, 1.165) is 11.1 Å². The molecule has 0 saturated heterocycles. The van der Waals surface area contributed by atoms with Crippen LogP contribution in [0.5, 0.6) is 0 Å². The lowest BCUT2D eigenvalue weighted by molar-refractivity contribution is 0.240. The van der Waals surface area contributed by atoms with Crippen LogP contribution in [0.3, 0.4) is 0 Å². The first-order valence-electron chi connectivity index (χ1n) is 6.20. The van der Waals surface area contributed by atoms with Crippen LogP contribution in [0.4, 0.5) is 4.79 Å². The minimum absolute atomic E-state index is 0.176. The van der Waals surface area contributed by atoms with E-state index in [2.05, 4.69) is 21.7 Å². The van der Waals surface area contributed by atoms with Crippen molar-refractivity contribution in [2.45, 2.75) is 20.0 Å². The molecule has 0 radical (unpaired) electrons. The van der Waals surface area contributed by atoms with Gasteiger partial charge in [-0.25, -0.2) is 4.79 Å². The number of aryl methyl sites for hydroxylation is 1. The summed E-state index contributed by atoms with van der Waals surface area (Å²) in [5.74, 6) is 0. The Bertz CT molecular complexity index is 540. The van der Waals surface area contributed by atoms with E-state index in [1.165, 1.54) is 5.56 Å². The molecule has 2 rings (SSSR count). The second kappa shape index (κ2) is 6.54. The fourth-order valence-electron chi connectivity index (χ4n) is 1.75. The van der Waals surface area contributed by atoms with Crippen molar-refractivity contribution in [1.29, 1.82) is 0 Å². The number of aromatic nitrogens is 1. The van der Waals surface area contributed by atoms with Gasteiger partial charge in [0.05, 0.1) is 0 Å². The third-order valence-corrected chi connectivity index (χ3v) is 2.71. The number of hydrogen-bond acceptors (Lipinski definition) is 2. The normalized spacial score (nSPS) is 9.95. The quantitative estimate of drug-likeness (QED) is 0.881. The highest BCUT2D eigenvalue weighted by atomic mass is 16.2. The lowest BCUT2D eigenvalue weighted by Gasteiger charge is -2.08. The summed E-state index contributed by atoms with van der Waals surface area (Å²) in [5, 5.41) is 5.62. The van der Waals surface area contributed by atoms with Crippen LogP contribution >= 0.6 is 0 Å². The van der Waals surface area contributed by atoms with E-state index >= 15 is 0 Å². The van der Waals surface area contributed by atoms with Gasteiger partial charge < -0.3 is 10.6 Å². The monoisotopic (exact) mass is 255 g/mol. The molecule has 0 fully saturated rings. The van der Waals surface area contributed by atoms with Crippen molar-refractivity contribution < 1.29 is 4.79 Å². The van der Waals surface area contributed by atoms with Gasteiger partial charge in [-0.3, -0.25) is 4.98 Å². The highest BCUT2D eigenvalue weighted by Gasteiger charge is 2.00. The van der Waals surface area contributed by atoms with Crippen molar-refractivity contribution in [3.8, 4) is 0 Å². The third-order valence-electron chi connectivity index (χ3n) is 2.71. The molecule has 1 aromatic carbocycles. The maximum Gasteiger partial charge on any atom is 0.315 e. The summed E-state index contributed by atoms with van der Waals surface area (Å²) in [6.45, 7) is 3.04. The molecule has 0 bridgehead atoms. The Kier molecular flexibility index (Phi) is 4.50. The van der Waals surface area contributed by atoms with Gasteiger partial charge in [0.1, 0.15) is 0 Å². The van der Waals surface area contributed by atoms with Crippen molar-refractivity contribution in [1.82, 2.24) is 15.6 Å². The topological polar surface area (TPSA) is 54.0 Å². The molecule has 0 atom stereocenters. The SMILES string of the molecule is Cc1cccc(CNC(=O)NCc2cccnc2)c1. The Hall–Kier alpha value is -2.36. The van der Waals surface area contributed by atoms with Gasteiger partial charge in [0.2, 0.25) is 0 Å². The Morgan fingerprint density at radius 2 is 1.84 bits per heavy atom. The highest BCUT2D eigenvalue weighted by molar-refractivity contribution is 5.73. The van der Waals surface area contributed by atoms with E-state index in [-0.39, 0.29) is 6.03 Å². The molecule has 1 aromatic heterocycles. The zero-order valence-corrected chi connectivity index (χ0v) is 10.9. The van der Waals surface area contributed by atoms with Crippen LogP contribution in [-0.4, -0.2) is 11.0 Å². The molecule has 0 aliphatic heterocycles. The number of nitrogens with one attached hydrogen (secondary N) is 2. The third kappa shape index (κ3) is 4.43. The van der Waals surface area contributed by atoms with E-state index in [4.69, 9.17) is 0 Å². The van der Waals surface area contributed by atoms with Crippen LogP contribution in [0.1, 0.15) is 16.7 Å². The maximum absolute atomic E-state index is 11.6. The lowest BCUT2D eigenvalue weighted by Crippen LogP contribution is -2.34. The highest BCUT2D eigenvalue weighted by Crippen LogP contribution is 2.03. The molecule has 0 spiro atoms. The molecule has 4 heteroatoms. The number of amides is 2. The minimum Gasteiger partial charge on any atom is -0.334 e. The second-order valence-corrected chi connectivity index (χ2v) is 4.39. The van der Waals surface area contributed by atoms with Crippen molar-refractivity contribution in [3.05, 3.63) is 65.5 Å². The van der Waals surface area contributed by atoms with Crippen molar-refractivity contribution >= 4 is 6.03 Å². The number of carbonyl (C=O) groups excluding carboxylic acids is 1. The lowest BCUT2D eigenvalue weighted by atomic mass is 10.1. The summed E-state index contributed by atoms with van der Waals surface area (Å²) >= 11 is 0. The molecular formula is C15H17N3O. The molecule has 4 nitrogen and oxygen atoms in total. The summed E-state index contributed by atoms with van der Waals surface area (Å²) in [5.41, 5.74) is 3.26. The zero-order valence-electron chi connectivity index (χ0n) is 10.9. The summed E-state index contributed by atoms with van der Waals surface area (Å²) in [6, 6.07) is 11.7. The number of urea groups is 1. The molecule has 98 valence electrons. The molecule has 2 N–H and O–H groups in total. The van der Waals surface area contributed by atoms with Gasteiger partial charge in [0.25, 0.3) is 0 Å². The summed E-state index contributed by atoms with van der Waals surface area (Å²) in [4.78, 5) is 15.6. The predicted octanol–water partition coefficient (Wildman–Crippen LogP) is 2.39. The van der Waals surface area contributed by atoms with Crippen LogP contribution in [0.15, 0.2) is 48.8 Å². The first-order valence-corrected chi connectivity index (χ1v) is 6.20. The molecular weight excluding hydrogens is 238 g/mol. The number of carbonyl (C=O) groups is 1. The molecule has 0 saturated carbocycles. The van der Waals surface area contributed by atoms with Crippen molar-refractivity contribution in [3.63, 3.8) is 0 Å². The van der Waals surface area contributed by atoms with E-state index in [0.29, 0.717) is 13.1 Å². The fraction of sp³-hybridized carbons (Fsp3) is 0.200. The van der Waals surface area contributed by atoms with Gasteiger partial charge in [0.15, 0.2) is 0 Å².